The van der Waals surface area contributed by atoms with Gasteiger partial charge in [0.25, 0.3) is 0 Å². The van der Waals surface area contributed by atoms with E-state index in [1.54, 1.807) is 24.7 Å². The molecule has 0 fully saturated rings. The van der Waals surface area contributed by atoms with E-state index in [4.69, 9.17) is 0 Å². The van der Waals surface area contributed by atoms with Crippen molar-refractivity contribution in [1.29, 1.82) is 0 Å². The van der Waals surface area contributed by atoms with Gasteiger partial charge in [-0.3, -0.25) is 9.97 Å². The van der Waals surface area contributed by atoms with Crippen molar-refractivity contribution in [2.24, 2.45) is 0 Å². The Balaban J connectivity index is 1.78. The minimum atomic E-state index is -0.378. The van der Waals surface area contributed by atoms with Gasteiger partial charge in [-0.05, 0) is 42.2 Å². The van der Waals surface area contributed by atoms with Gasteiger partial charge in [-0.25, -0.2) is 9.37 Å². The van der Waals surface area contributed by atoms with E-state index >= 15 is 0 Å². The Morgan fingerprint density at radius 3 is 2.81 bits per heavy atom. The molecule has 0 radical (unpaired) electrons. The van der Waals surface area contributed by atoms with Gasteiger partial charge in [-0.2, -0.15) is 0 Å². The third kappa shape index (κ3) is 2.98. The van der Waals surface area contributed by atoms with Crippen LogP contribution in [0.2, 0.25) is 0 Å². The summed E-state index contributed by atoms with van der Waals surface area (Å²) in [6, 6.07) is 6.82. The molecule has 4 heterocycles. The Hall–Kier alpha value is -3.02. The average molecular weight is 349 g/mol. The highest BCUT2D eigenvalue weighted by Gasteiger charge is 2.18. The van der Waals surface area contributed by atoms with E-state index in [9.17, 15) is 4.39 Å². The van der Waals surface area contributed by atoms with E-state index in [-0.39, 0.29) is 17.4 Å². The maximum Gasteiger partial charge on any atom is 0.151 e. The van der Waals surface area contributed by atoms with Gasteiger partial charge >= 0.3 is 0 Å². The molecule has 4 rings (SSSR count). The van der Waals surface area contributed by atoms with Crippen molar-refractivity contribution >= 4 is 17.2 Å². The van der Waals surface area contributed by atoms with Crippen LogP contribution >= 0.6 is 0 Å². The molecular formula is C20H20FN5. The van der Waals surface area contributed by atoms with E-state index in [1.165, 1.54) is 11.6 Å². The monoisotopic (exact) mass is 349 g/mol. The summed E-state index contributed by atoms with van der Waals surface area (Å²) in [5.41, 5.74) is 4.94. The molecule has 3 aromatic heterocycles. The molecule has 0 saturated carbocycles. The first-order valence-electron chi connectivity index (χ1n) is 8.73. The first-order valence-corrected chi connectivity index (χ1v) is 8.73. The Kier molecular flexibility index (Phi) is 4.24. The maximum absolute atomic E-state index is 14.1. The van der Waals surface area contributed by atoms with E-state index in [1.807, 2.05) is 12.1 Å². The van der Waals surface area contributed by atoms with Crippen LogP contribution in [0.15, 0.2) is 42.9 Å². The number of rotatable bonds is 4. The molecule has 0 saturated heterocycles. The number of pyridine rings is 3. The van der Waals surface area contributed by atoms with Crippen LogP contribution in [0.5, 0.6) is 0 Å². The lowest BCUT2D eigenvalue weighted by molar-refractivity contribution is 0.625. The number of nitrogens with one attached hydrogen (secondary N) is 2. The van der Waals surface area contributed by atoms with Crippen LogP contribution < -0.4 is 10.6 Å². The third-order valence-corrected chi connectivity index (χ3v) is 4.55. The average Bonchev–Trinajstić information content (AvgIpc) is 3.12. The van der Waals surface area contributed by atoms with Crippen molar-refractivity contribution < 1.29 is 4.39 Å². The minimum Gasteiger partial charge on any atom is -0.369 e. The number of anilines is 3. The molecule has 0 aliphatic carbocycles. The molecule has 0 unspecified atom stereocenters. The lowest BCUT2D eigenvalue weighted by atomic mass is 10.0. The molecule has 26 heavy (non-hydrogen) atoms. The van der Waals surface area contributed by atoms with Crippen LogP contribution in [0.4, 0.5) is 21.6 Å². The molecular weight excluding hydrogens is 329 g/mol. The molecule has 0 amide bonds. The predicted molar refractivity (Wildman–Crippen MR) is 101 cm³/mol. The van der Waals surface area contributed by atoms with Crippen molar-refractivity contribution in [2.75, 3.05) is 17.2 Å². The second-order valence-corrected chi connectivity index (χ2v) is 6.63. The summed E-state index contributed by atoms with van der Waals surface area (Å²) in [6.45, 7) is 5.11. The van der Waals surface area contributed by atoms with Crippen molar-refractivity contribution in [1.82, 2.24) is 15.0 Å². The van der Waals surface area contributed by atoms with Gasteiger partial charge < -0.3 is 10.6 Å². The minimum absolute atomic E-state index is 0.257. The topological polar surface area (TPSA) is 62.7 Å². The lowest BCUT2D eigenvalue weighted by Gasteiger charge is -2.17. The number of hydrogen-bond acceptors (Lipinski definition) is 5. The summed E-state index contributed by atoms with van der Waals surface area (Å²) in [4.78, 5) is 13.0. The Morgan fingerprint density at radius 2 is 2.00 bits per heavy atom. The molecule has 132 valence electrons. The number of aromatic nitrogens is 3. The van der Waals surface area contributed by atoms with Gasteiger partial charge in [0.15, 0.2) is 5.82 Å². The first-order chi connectivity index (χ1) is 12.6. The van der Waals surface area contributed by atoms with Crippen LogP contribution in [0.3, 0.4) is 0 Å². The zero-order valence-corrected chi connectivity index (χ0v) is 14.8. The SMILES string of the molecule is CC(C)c1cnc(-c2ncccc2F)cc1Nc1ccnc2c1CCN2. The highest BCUT2D eigenvalue weighted by molar-refractivity contribution is 5.74. The molecule has 3 aromatic rings. The molecule has 5 nitrogen and oxygen atoms in total. The normalized spacial score (nSPS) is 12.8. The summed E-state index contributed by atoms with van der Waals surface area (Å²) < 4.78 is 14.1. The predicted octanol–water partition coefficient (Wildman–Crippen LogP) is 4.51. The van der Waals surface area contributed by atoms with Crippen molar-refractivity contribution in [3.63, 3.8) is 0 Å². The first kappa shape index (κ1) is 16.4. The van der Waals surface area contributed by atoms with Crippen LogP contribution in [0, 0.1) is 5.82 Å². The molecule has 2 N–H and O–H groups in total. The van der Waals surface area contributed by atoms with Crippen LogP contribution in [0.1, 0.15) is 30.9 Å². The Morgan fingerprint density at radius 1 is 1.12 bits per heavy atom. The van der Waals surface area contributed by atoms with Crippen LogP contribution in [-0.4, -0.2) is 21.5 Å². The Bertz CT molecular complexity index is 955. The fourth-order valence-corrected chi connectivity index (χ4v) is 3.20. The summed E-state index contributed by atoms with van der Waals surface area (Å²) in [5.74, 6) is 0.823. The lowest BCUT2D eigenvalue weighted by Crippen LogP contribution is -2.03. The quantitative estimate of drug-likeness (QED) is 0.725. The number of halogens is 1. The van der Waals surface area contributed by atoms with Crippen molar-refractivity contribution in [3.05, 3.63) is 59.8 Å². The van der Waals surface area contributed by atoms with Gasteiger partial charge in [-0.1, -0.05) is 13.8 Å². The zero-order chi connectivity index (χ0) is 18.1. The van der Waals surface area contributed by atoms with Gasteiger partial charge in [0.2, 0.25) is 0 Å². The van der Waals surface area contributed by atoms with E-state index in [2.05, 4.69) is 39.4 Å². The fourth-order valence-electron chi connectivity index (χ4n) is 3.20. The van der Waals surface area contributed by atoms with E-state index in [0.29, 0.717) is 5.69 Å². The highest BCUT2D eigenvalue weighted by atomic mass is 19.1. The molecule has 1 aliphatic rings. The molecule has 0 bridgehead atoms. The zero-order valence-electron chi connectivity index (χ0n) is 14.8. The summed E-state index contributed by atoms with van der Waals surface area (Å²) in [6.07, 6.45) is 6.09. The van der Waals surface area contributed by atoms with Gasteiger partial charge in [-0.15, -0.1) is 0 Å². The second kappa shape index (κ2) is 6.71. The molecule has 0 atom stereocenters. The molecule has 6 heteroatoms. The summed E-state index contributed by atoms with van der Waals surface area (Å²) in [5, 5.41) is 6.80. The smallest absolute Gasteiger partial charge is 0.151 e. The summed E-state index contributed by atoms with van der Waals surface area (Å²) >= 11 is 0. The summed E-state index contributed by atoms with van der Waals surface area (Å²) in [7, 11) is 0. The molecule has 0 spiro atoms. The van der Waals surface area contributed by atoms with Crippen molar-refractivity contribution in [3.8, 4) is 11.4 Å². The van der Waals surface area contributed by atoms with Crippen LogP contribution in [0.25, 0.3) is 11.4 Å². The fraction of sp³-hybridized carbons (Fsp3) is 0.250. The second-order valence-electron chi connectivity index (χ2n) is 6.63. The highest BCUT2D eigenvalue weighted by Crippen LogP contribution is 2.34. The standard InChI is InChI=1S/C20H20FN5/c1-12(2)14-11-25-18(19-15(21)4-3-7-22-19)10-17(14)26-16-6-9-24-20-13(16)5-8-23-20/h3-4,6-7,9-12H,5,8H2,1-2H3,(H2,23,24,25,26). The van der Waals surface area contributed by atoms with Crippen LogP contribution in [-0.2, 0) is 6.42 Å². The molecule has 1 aliphatic heterocycles. The van der Waals surface area contributed by atoms with Gasteiger partial charge in [0.05, 0.1) is 5.69 Å². The van der Waals surface area contributed by atoms with Gasteiger partial charge in [0, 0.05) is 42.1 Å². The number of fused-ring (bicyclic) bond motifs is 1. The molecule has 0 aromatic carbocycles. The number of hydrogen-bond donors (Lipinski definition) is 2. The maximum atomic E-state index is 14.1. The van der Waals surface area contributed by atoms with E-state index in [0.717, 1.165) is 35.7 Å². The van der Waals surface area contributed by atoms with Crippen molar-refractivity contribution in [2.45, 2.75) is 26.2 Å². The number of nitrogens with zero attached hydrogens (tertiary/aromatic N) is 3. The van der Waals surface area contributed by atoms with E-state index < -0.39 is 0 Å². The largest absolute Gasteiger partial charge is 0.369 e. The van der Waals surface area contributed by atoms with Gasteiger partial charge in [0.1, 0.15) is 11.5 Å². The third-order valence-electron chi connectivity index (χ3n) is 4.55. The Labute approximate surface area is 151 Å².